The molecule has 1 aromatic carbocycles. The Hall–Kier alpha value is -1.97. The van der Waals surface area contributed by atoms with Gasteiger partial charge in [0, 0.05) is 17.2 Å². The summed E-state index contributed by atoms with van der Waals surface area (Å²) in [7, 11) is 0. The molecule has 0 spiro atoms. The molecule has 0 radical (unpaired) electrons. The van der Waals surface area contributed by atoms with Crippen LogP contribution in [0.3, 0.4) is 0 Å². The fraction of sp³-hybridized carbons (Fsp3) is 0.0909. The van der Waals surface area contributed by atoms with Gasteiger partial charge >= 0.3 is 5.97 Å². The van der Waals surface area contributed by atoms with Crippen molar-refractivity contribution in [1.29, 1.82) is 0 Å². The zero-order valence-corrected chi connectivity index (χ0v) is 8.03. The summed E-state index contributed by atoms with van der Waals surface area (Å²) in [6.45, 7) is 1.40. The van der Waals surface area contributed by atoms with Gasteiger partial charge in [-0.15, -0.1) is 0 Å². The summed E-state index contributed by atoms with van der Waals surface area (Å²) in [4.78, 5) is 21.8. The lowest BCUT2D eigenvalue weighted by molar-refractivity contribution is -0.131. The third kappa shape index (κ3) is 3.02. The van der Waals surface area contributed by atoms with Crippen LogP contribution < -0.4 is 0 Å². The van der Waals surface area contributed by atoms with Crippen molar-refractivity contribution in [3.63, 3.8) is 0 Å². The van der Waals surface area contributed by atoms with E-state index < -0.39 is 17.6 Å². The minimum absolute atomic E-state index is 0.106. The summed E-state index contributed by atoms with van der Waals surface area (Å²) in [5.41, 5.74) is 0.375. The van der Waals surface area contributed by atoms with Crippen LogP contribution >= 0.6 is 0 Å². The number of carbonyl (C=O) groups excluding carboxylic acids is 1. The quantitative estimate of drug-likeness (QED) is 0.610. The first-order valence-corrected chi connectivity index (χ1v) is 4.22. The molecule has 15 heavy (non-hydrogen) atoms. The Bertz CT molecular complexity index is 418. The van der Waals surface area contributed by atoms with Crippen LogP contribution in [0, 0.1) is 5.82 Å². The molecule has 1 N–H and O–H groups in total. The maximum absolute atomic E-state index is 12.5. The lowest BCUT2D eigenvalue weighted by Gasteiger charge is -1.99. The first-order valence-electron chi connectivity index (χ1n) is 4.22. The van der Waals surface area contributed by atoms with Gasteiger partial charge in [0.2, 0.25) is 0 Å². The standard InChI is InChI=1S/C11H9FO3/c1-7(6-10(13)14)11(15)8-2-4-9(12)5-3-8/h2-6H,1H3,(H,13,14)/b7-6+. The molecule has 0 aliphatic carbocycles. The van der Waals surface area contributed by atoms with Gasteiger partial charge < -0.3 is 5.11 Å². The van der Waals surface area contributed by atoms with E-state index in [0.29, 0.717) is 0 Å². The second-order valence-electron chi connectivity index (χ2n) is 3.00. The summed E-state index contributed by atoms with van der Waals surface area (Å²) >= 11 is 0. The molecular formula is C11H9FO3. The summed E-state index contributed by atoms with van der Waals surface area (Å²) in [5.74, 6) is -2.04. The highest BCUT2D eigenvalue weighted by Gasteiger charge is 2.09. The predicted molar refractivity (Wildman–Crippen MR) is 52.1 cm³/mol. The third-order valence-corrected chi connectivity index (χ3v) is 1.80. The first-order chi connectivity index (χ1) is 7.00. The van der Waals surface area contributed by atoms with Crippen LogP contribution in [-0.4, -0.2) is 16.9 Å². The fourth-order valence-corrected chi connectivity index (χ4v) is 1.08. The monoisotopic (exact) mass is 208 g/mol. The van der Waals surface area contributed by atoms with E-state index in [1.54, 1.807) is 0 Å². The number of aliphatic carboxylic acids is 1. The van der Waals surface area contributed by atoms with Crippen LogP contribution in [0.15, 0.2) is 35.9 Å². The molecule has 4 heteroatoms. The van der Waals surface area contributed by atoms with E-state index in [1.807, 2.05) is 0 Å². The smallest absolute Gasteiger partial charge is 0.328 e. The zero-order valence-electron chi connectivity index (χ0n) is 8.03. The molecule has 0 atom stereocenters. The molecule has 0 saturated heterocycles. The summed E-state index contributed by atoms with van der Waals surface area (Å²) < 4.78 is 12.5. The van der Waals surface area contributed by atoms with Crippen LogP contribution in [-0.2, 0) is 4.79 Å². The third-order valence-electron chi connectivity index (χ3n) is 1.80. The van der Waals surface area contributed by atoms with E-state index in [4.69, 9.17) is 5.11 Å². The van der Waals surface area contributed by atoms with Crippen molar-refractivity contribution in [3.8, 4) is 0 Å². The van der Waals surface area contributed by atoms with Gasteiger partial charge in [-0.05, 0) is 31.2 Å². The zero-order chi connectivity index (χ0) is 11.4. The Morgan fingerprint density at radius 1 is 1.27 bits per heavy atom. The molecule has 0 aliphatic rings. The van der Waals surface area contributed by atoms with E-state index in [1.165, 1.54) is 19.1 Å². The second kappa shape index (κ2) is 4.50. The lowest BCUT2D eigenvalue weighted by atomic mass is 10.0. The number of allylic oxidation sites excluding steroid dienone is 1. The van der Waals surface area contributed by atoms with E-state index in [2.05, 4.69) is 0 Å². The minimum atomic E-state index is -1.18. The SMILES string of the molecule is C/C(=C\C(=O)O)C(=O)c1ccc(F)cc1. The van der Waals surface area contributed by atoms with Crippen LogP contribution in [0.25, 0.3) is 0 Å². The van der Waals surface area contributed by atoms with Crippen LogP contribution in [0.2, 0.25) is 0 Å². The van der Waals surface area contributed by atoms with E-state index in [0.717, 1.165) is 18.2 Å². The highest BCUT2D eigenvalue weighted by Crippen LogP contribution is 2.09. The Kier molecular flexibility index (Phi) is 3.33. The molecule has 0 aromatic heterocycles. The number of rotatable bonds is 3. The molecule has 0 heterocycles. The summed E-state index contributed by atoms with van der Waals surface area (Å²) in [6, 6.07) is 4.94. The number of carboxylic acid groups (broad SMARTS) is 1. The predicted octanol–water partition coefficient (Wildman–Crippen LogP) is 2.04. The summed E-state index contributed by atoms with van der Waals surface area (Å²) in [6.07, 6.45) is 0.825. The average molecular weight is 208 g/mol. The van der Waals surface area contributed by atoms with Gasteiger partial charge in [-0.25, -0.2) is 9.18 Å². The number of hydrogen-bond acceptors (Lipinski definition) is 2. The molecule has 0 unspecified atom stereocenters. The van der Waals surface area contributed by atoms with Crippen molar-refractivity contribution in [2.45, 2.75) is 6.92 Å². The maximum atomic E-state index is 12.5. The second-order valence-corrected chi connectivity index (χ2v) is 3.00. The lowest BCUT2D eigenvalue weighted by Crippen LogP contribution is -2.03. The molecule has 0 bridgehead atoms. The van der Waals surface area contributed by atoms with Crippen LogP contribution in [0.5, 0.6) is 0 Å². The number of hydrogen-bond donors (Lipinski definition) is 1. The molecule has 0 fully saturated rings. The maximum Gasteiger partial charge on any atom is 0.328 e. The Balaban J connectivity index is 2.95. The Morgan fingerprint density at radius 2 is 1.80 bits per heavy atom. The number of ketones is 1. The number of halogens is 1. The first kappa shape index (κ1) is 11.1. The van der Waals surface area contributed by atoms with Gasteiger partial charge in [-0.3, -0.25) is 4.79 Å². The average Bonchev–Trinajstić information content (AvgIpc) is 2.17. The number of carboxylic acids is 1. The van der Waals surface area contributed by atoms with Gasteiger partial charge in [0.05, 0.1) is 0 Å². The van der Waals surface area contributed by atoms with Gasteiger partial charge in [0.15, 0.2) is 5.78 Å². The highest BCUT2D eigenvalue weighted by molar-refractivity contribution is 6.10. The number of benzene rings is 1. The number of carbonyl (C=O) groups is 2. The van der Waals surface area contributed by atoms with Crippen LogP contribution in [0.1, 0.15) is 17.3 Å². The minimum Gasteiger partial charge on any atom is -0.478 e. The Morgan fingerprint density at radius 3 is 2.27 bits per heavy atom. The number of Topliss-reactive ketones (excluding diaryl/α,β-unsaturated/α-hetero) is 1. The molecule has 3 nitrogen and oxygen atoms in total. The molecule has 1 aromatic rings. The van der Waals surface area contributed by atoms with Crippen molar-refractivity contribution in [1.82, 2.24) is 0 Å². The largest absolute Gasteiger partial charge is 0.478 e. The van der Waals surface area contributed by atoms with E-state index >= 15 is 0 Å². The topological polar surface area (TPSA) is 54.4 Å². The van der Waals surface area contributed by atoms with Crippen molar-refractivity contribution in [2.24, 2.45) is 0 Å². The molecule has 0 amide bonds. The van der Waals surface area contributed by atoms with Crippen molar-refractivity contribution < 1.29 is 19.1 Å². The highest BCUT2D eigenvalue weighted by atomic mass is 19.1. The molecule has 0 aliphatic heterocycles. The van der Waals surface area contributed by atoms with Gasteiger partial charge in [0.1, 0.15) is 5.82 Å². The van der Waals surface area contributed by atoms with Gasteiger partial charge in [-0.1, -0.05) is 0 Å². The van der Waals surface area contributed by atoms with E-state index in [9.17, 15) is 14.0 Å². The molecule has 78 valence electrons. The van der Waals surface area contributed by atoms with Crippen LogP contribution in [0.4, 0.5) is 4.39 Å². The van der Waals surface area contributed by atoms with E-state index in [-0.39, 0.29) is 11.1 Å². The molecule has 1 rings (SSSR count). The fourth-order valence-electron chi connectivity index (χ4n) is 1.08. The summed E-state index contributed by atoms with van der Waals surface area (Å²) in [5, 5.41) is 8.44. The van der Waals surface area contributed by atoms with Crippen molar-refractivity contribution in [3.05, 3.63) is 47.3 Å². The normalized spacial score (nSPS) is 11.2. The Labute approximate surface area is 85.8 Å². The van der Waals surface area contributed by atoms with Crippen molar-refractivity contribution in [2.75, 3.05) is 0 Å². The van der Waals surface area contributed by atoms with Gasteiger partial charge in [0.25, 0.3) is 0 Å². The molecule has 0 saturated carbocycles. The molecular weight excluding hydrogens is 199 g/mol. The van der Waals surface area contributed by atoms with Gasteiger partial charge in [-0.2, -0.15) is 0 Å². The van der Waals surface area contributed by atoms with Crippen molar-refractivity contribution >= 4 is 11.8 Å².